The first-order valence-electron chi connectivity index (χ1n) is 6.31. The molecule has 5 heteroatoms. The Balaban J connectivity index is 2.71. The third kappa shape index (κ3) is 5.09. The summed E-state index contributed by atoms with van der Waals surface area (Å²) < 4.78 is 10.2. The maximum absolute atomic E-state index is 11.0. The fourth-order valence-corrected chi connectivity index (χ4v) is 1.89. The van der Waals surface area contributed by atoms with Gasteiger partial charge in [-0.15, -0.1) is 0 Å². The number of rotatable bonds is 7. The maximum Gasteiger partial charge on any atom is 0.308 e. The zero-order valence-electron chi connectivity index (χ0n) is 11.3. The number of carbonyl (C=O) groups excluding carboxylic acids is 1. The number of para-hydroxylation sites is 1. The van der Waals surface area contributed by atoms with Crippen molar-refractivity contribution >= 4 is 17.6 Å². The molecule has 0 spiro atoms. The Morgan fingerprint density at radius 2 is 2.21 bits per heavy atom. The van der Waals surface area contributed by atoms with E-state index in [1.807, 2.05) is 19.1 Å². The molecule has 1 atom stereocenters. The predicted molar refractivity (Wildman–Crippen MR) is 75.6 cm³/mol. The van der Waals surface area contributed by atoms with Gasteiger partial charge in [-0.2, -0.15) is 0 Å². The quantitative estimate of drug-likeness (QED) is 0.782. The fourth-order valence-electron chi connectivity index (χ4n) is 1.64. The molecule has 1 rings (SSSR count). The van der Waals surface area contributed by atoms with Crippen molar-refractivity contribution in [1.29, 1.82) is 0 Å². The van der Waals surface area contributed by atoms with Gasteiger partial charge in [0, 0.05) is 6.04 Å². The Hall–Kier alpha value is -1.26. The Kier molecular flexibility index (Phi) is 6.67. The van der Waals surface area contributed by atoms with E-state index in [1.54, 1.807) is 6.07 Å². The van der Waals surface area contributed by atoms with E-state index in [4.69, 9.17) is 22.1 Å². The molecule has 0 amide bonds. The molecule has 0 saturated carbocycles. The molecule has 0 radical (unpaired) electrons. The van der Waals surface area contributed by atoms with Gasteiger partial charge < -0.3 is 15.2 Å². The summed E-state index contributed by atoms with van der Waals surface area (Å²) in [5.74, 6) is 0.302. The summed E-state index contributed by atoms with van der Waals surface area (Å²) in [4.78, 5) is 11.0. The minimum Gasteiger partial charge on any atom is -0.491 e. The maximum atomic E-state index is 11.0. The first-order valence-corrected chi connectivity index (χ1v) is 6.68. The van der Waals surface area contributed by atoms with E-state index in [0.717, 1.165) is 12.0 Å². The molecule has 0 aliphatic heterocycles. The highest BCUT2D eigenvalue weighted by atomic mass is 35.5. The summed E-state index contributed by atoms with van der Waals surface area (Å²) in [6.07, 6.45) is 1.78. The van der Waals surface area contributed by atoms with Crippen LogP contribution in [0.15, 0.2) is 18.2 Å². The van der Waals surface area contributed by atoms with Crippen LogP contribution in [0, 0.1) is 0 Å². The van der Waals surface area contributed by atoms with E-state index in [-0.39, 0.29) is 25.0 Å². The second kappa shape index (κ2) is 8.02. The molecule has 0 aromatic heterocycles. The van der Waals surface area contributed by atoms with Gasteiger partial charge in [-0.3, -0.25) is 4.79 Å². The number of hydrogen-bond donors (Lipinski definition) is 1. The van der Waals surface area contributed by atoms with Crippen molar-refractivity contribution in [2.45, 2.75) is 32.2 Å². The first kappa shape index (κ1) is 15.8. The number of methoxy groups -OCH3 is 1. The van der Waals surface area contributed by atoms with Gasteiger partial charge in [0.2, 0.25) is 0 Å². The second-order valence-corrected chi connectivity index (χ2v) is 4.68. The van der Waals surface area contributed by atoms with Gasteiger partial charge >= 0.3 is 5.97 Å². The molecule has 1 aromatic rings. The second-order valence-electron chi connectivity index (χ2n) is 4.28. The van der Waals surface area contributed by atoms with Crippen molar-refractivity contribution in [3.8, 4) is 5.75 Å². The van der Waals surface area contributed by atoms with Gasteiger partial charge in [-0.05, 0) is 24.5 Å². The summed E-state index contributed by atoms with van der Waals surface area (Å²) >= 11 is 6.12. The average molecular weight is 286 g/mol. The zero-order chi connectivity index (χ0) is 14.3. The highest BCUT2D eigenvalue weighted by Crippen LogP contribution is 2.29. The van der Waals surface area contributed by atoms with Crippen LogP contribution < -0.4 is 10.5 Å². The van der Waals surface area contributed by atoms with E-state index in [2.05, 4.69) is 4.74 Å². The molecule has 2 N–H and O–H groups in total. The fraction of sp³-hybridized carbons (Fsp3) is 0.500. The Bertz CT molecular complexity index is 423. The van der Waals surface area contributed by atoms with Crippen LogP contribution in [0.3, 0.4) is 0 Å². The SMILES string of the molecule is CCC(N)Cc1cccc(Cl)c1OCCC(=O)OC. The highest BCUT2D eigenvalue weighted by molar-refractivity contribution is 6.32. The van der Waals surface area contributed by atoms with Crippen LogP contribution in [0.5, 0.6) is 5.75 Å². The summed E-state index contributed by atoms with van der Waals surface area (Å²) in [7, 11) is 1.35. The molecule has 1 aromatic carbocycles. The van der Waals surface area contributed by atoms with Crippen LogP contribution in [0.2, 0.25) is 5.02 Å². The zero-order valence-corrected chi connectivity index (χ0v) is 12.1. The molecular formula is C14H20ClNO3. The molecule has 0 heterocycles. The van der Waals surface area contributed by atoms with Crippen LogP contribution >= 0.6 is 11.6 Å². The normalized spacial score (nSPS) is 12.0. The Labute approximate surface area is 118 Å². The monoisotopic (exact) mass is 285 g/mol. The molecule has 19 heavy (non-hydrogen) atoms. The summed E-state index contributed by atoms with van der Waals surface area (Å²) in [5, 5.41) is 0.533. The van der Waals surface area contributed by atoms with Crippen LogP contribution in [0.1, 0.15) is 25.3 Å². The lowest BCUT2D eigenvalue weighted by Crippen LogP contribution is -2.22. The number of carbonyl (C=O) groups is 1. The largest absolute Gasteiger partial charge is 0.491 e. The van der Waals surface area contributed by atoms with Gasteiger partial charge in [0.1, 0.15) is 5.75 Å². The van der Waals surface area contributed by atoms with Crippen molar-refractivity contribution in [2.75, 3.05) is 13.7 Å². The summed E-state index contributed by atoms with van der Waals surface area (Å²) in [6.45, 7) is 2.28. The van der Waals surface area contributed by atoms with Crippen molar-refractivity contribution < 1.29 is 14.3 Å². The van der Waals surface area contributed by atoms with Gasteiger partial charge in [0.05, 0.1) is 25.2 Å². The number of ether oxygens (including phenoxy) is 2. The minimum absolute atomic E-state index is 0.0708. The van der Waals surface area contributed by atoms with Gasteiger partial charge in [-0.25, -0.2) is 0 Å². The first-order chi connectivity index (χ1) is 9.08. The molecule has 4 nitrogen and oxygen atoms in total. The summed E-state index contributed by atoms with van der Waals surface area (Å²) in [5.41, 5.74) is 6.91. The molecular weight excluding hydrogens is 266 g/mol. The molecule has 0 fully saturated rings. The molecule has 0 aliphatic carbocycles. The third-order valence-electron chi connectivity index (χ3n) is 2.84. The average Bonchev–Trinajstić information content (AvgIpc) is 2.41. The van der Waals surface area contributed by atoms with E-state index in [1.165, 1.54) is 7.11 Å². The Morgan fingerprint density at radius 3 is 2.84 bits per heavy atom. The van der Waals surface area contributed by atoms with Gasteiger partial charge in [0.25, 0.3) is 0 Å². The van der Waals surface area contributed by atoms with Crippen LogP contribution in [-0.4, -0.2) is 25.7 Å². The van der Waals surface area contributed by atoms with Crippen molar-refractivity contribution in [2.24, 2.45) is 5.73 Å². The lowest BCUT2D eigenvalue weighted by atomic mass is 10.0. The van der Waals surface area contributed by atoms with E-state index in [0.29, 0.717) is 17.2 Å². The molecule has 0 bridgehead atoms. The van der Waals surface area contributed by atoms with Crippen molar-refractivity contribution in [3.05, 3.63) is 28.8 Å². The summed E-state index contributed by atoms with van der Waals surface area (Å²) in [6, 6.07) is 5.64. The van der Waals surface area contributed by atoms with E-state index in [9.17, 15) is 4.79 Å². The van der Waals surface area contributed by atoms with Gasteiger partial charge in [-0.1, -0.05) is 30.7 Å². The molecule has 0 aliphatic rings. The molecule has 0 saturated heterocycles. The predicted octanol–water partition coefficient (Wildman–Crippen LogP) is 2.56. The molecule has 1 unspecified atom stereocenters. The van der Waals surface area contributed by atoms with Gasteiger partial charge in [0.15, 0.2) is 0 Å². The number of halogens is 1. The smallest absolute Gasteiger partial charge is 0.308 e. The minimum atomic E-state index is -0.307. The lowest BCUT2D eigenvalue weighted by molar-refractivity contribution is -0.141. The lowest BCUT2D eigenvalue weighted by Gasteiger charge is -2.15. The van der Waals surface area contributed by atoms with Crippen molar-refractivity contribution in [3.63, 3.8) is 0 Å². The van der Waals surface area contributed by atoms with E-state index < -0.39 is 0 Å². The topological polar surface area (TPSA) is 61.5 Å². The highest BCUT2D eigenvalue weighted by Gasteiger charge is 2.12. The van der Waals surface area contributed by atoms with Crippen molar-refractivity contribution in [1.82, 2.24) is 0 Å². The number of nitrogens with two attached hydrogens (primary N) is 1. The number of esters is 1. The molecule has 106 valence electrons. The number of benzene rings is 1. The van der Waals surface area contributed by atoms with Crippen LogP contribution in [-0.2, 0) is 16.0 Å². The third-order valence-corrected chi connectivity index (χ3v) is 3.13. The van der Waals surface area contributed by atoms with Crippen LogP contribution in [0.25, 0.3) is 0 Å². The number of hydrogen-bond acceptors (Lipinski definition) is 4. The van der Waals surface area contributed by atoms with Crippen LogP contribution in [0.4, 0.5) is 0 Å². The van der Waals surface area contributed by atoms with E-state index >= 15 is 0 Å². The Morgan fingerprint density at radius 1 is 1.47 bits per heavy atom. The standard InChI is InChI=1S/C14H20ClNO3/c1-3-11(16)9-10-5-4-6-12(15)14(10)19-8-7-13(17)18-2/h4-6,11H,3,7-9,16H2,1-2H3.